The summed E-state index contributed by atoms with van der Waals surface area (Å²) in [7, 11) is 0. The van der Waals surface area contributed by atoms with Crippen molar-refractivity contribution in [2.24, 2.45) is 0 Å². The fraction of sp³-hybridized carbons (Fsp3) is 0.346. The van der Waals surface area contributed by atoms with Crippen LogP contribution < -0.4 is 10.6 Å². The standard InChI is InChI=1S/C26H29N3O5S/c1-3-33-26(32)23-22(18-9-5-4-6-10-18)17(2)35-25(23)28-21(30)16-29-13-7-12-20(29)24(31)27-15-19-11-8-14-34-19/h4-6,8-11,14,20H,3,7,12-13,15-16H2,1-2H3,(H,27,31)(H,28,30). The lowest BCUT2D eigenvalue weighted by molar-refractivity contribution is -0.126. The molecular formula is C26H29N3O5S. The second-order valence-electron chi connectivity index (χ2n) is 8.30. The summed E-state index contributed by atoms with van der Waals surface area (Å²) in [6.45, 7) is 4.92. The van der Waals surface area contributed by atoms with Gasteiger partial charge in [-0.3, -0.25) is 14.5 Å². The van der Waals surface area contributed by atoms with Crippen LogP contribution in [-0.2, 0) is 20.9 Å². The molecule has 9 heteroatoms. The number of esters is 1. The number of benzene rings is 1. The molecule has 2 aromatic heterocycles. The van der Waals surface area contributed by atoms with Crippen LogP contribution in [0.5, 0.6) is 0 Å². The van der Waals surface area contributed by atoms with E-state index < -0.39 is 5.97 Å². The van der Waals surface area contributed by atoms with Gasteiger partial charge in [-0.2, -0.15) is 0 Å². The molecule has 0 saturated carbocycles. The molecular weight excluding hydrogens is 466 g/mol. The van der Waals surface area contributed by atoms with E-state index in [1.54, 1.807) is 25.3 Å². The molecule has 0 spiro atoms. The summed E-state index contributed by atoms with van der Waals surface area (Å²) in [4.78, 5) is 41.4. The molecule has 184 valence electrons. The quantitative estimate of drug-likeness (QED) is 0.431. The Morgan fingerprint density at radius 1 is 1.17 bits per heavy atom. The third kappa shape index (κ3) is 5.80. The van der Waals surface area contributed by atoms with Crippen LogP contribution in [0.4, 0.5) is 5.00 Å². The van der Waals surface area contributed by atoms with Gasteiger partial charge in [0.25, 0.3) is 0 Å². The Morgan fingerprint density at radius 2 is 1.97 bits per heavy atom. The van der Waals surface area contributed by atoms with E-state index in [-0.39, 0.29) is 31.0 Å². The first kappa shape index (κ1) is 24.7. The number of carbonyl (C=O) groups is 3. The van der Waals surface area contributed by atoms with Crippen LogP contribution in [0.25, 0.3) is 11.1 Å². The normalized spacial score (nSPS) is 15.7. The highest BCUT2D eigenvalue weighted by molar-refractivity contribution is 7.17. The van der Waals surface area contributed by atoms with Crippen molar-refractivity contribution in [1.82, 2.24) is 10.2 Å². The van der Waals surface area contributed by atoms with Crippen LogP contribution in [0.1, 0.15) is 40.8 Å². The lowest BCUT2D eigenvalue weighted by Gasteiger charge is -2.22. The minimum absolute atomic E-state index is 0.0543. The van der Waals surface area contributed by atoms with E-state index in [1.807, 2.05) is 42.2 Å². The summed E-state index contributed by atoms with van der Waals surface area (Å²) in [5.74, 6) is -0.198. The van der Waals surface area contributed by atoms with Gasteiger partial charge in [0.2, 0.25) is 11.8 Å². The van der Waals surface area contributed by atoms with Gasteiger partial charge >= 0.3 is 5.97 Å². The van der Waals surface area contributed by atoms with Gasteiger partial charge in [-0.25, -0.2) is 4.79 Å². The van der Waals surface area contributed by atoms with Gasteiger partial charge in [0.15, 0.2) is 0 Å². The summed E-state index contributed by atoms with van der Waals surface area (Å²) in [6, 6.07) is 12.8. The molecule has 0 aliphatic carbocycles. The Hall–Kier alpha value is -3.43. The van der Waals surface area contributed by atoms with Crippen molar-refractivity contribution in [1.29, 1.82) is 0 Å². The van der Waals surface area contributed by atoms with Crippen LogP contribution in [0.15, 0.2) is 53.1 Å². The number of thiophene rings is 1. The van der Waals surface area contributed by atoms with Crippen LogP contribution in [0, 0.1) is 6.92 Å². The average Bonchev–Trinajstić information content (AvgIpc) is 3.59. The summed E-state index contributed by atoms with van der Waals surface area (Å²) in [5, 5.41) is 6.25. The van der Waals surface area contributed by atoms with Gasteiger partial charge < -0.3 is 19.8 Å². The third-order valence-corrected chi connectivity index (χ3v) is 6.93. The number of carbonyl (C=O) groups excluding carboxylic acids is 3. The van der Waals surface area contributed by atoms with Crippen molar-refractivity contribution in [3.05, 3.63) is 64.9 Å². The fourth-order valence-corrected chi connectivity index (χ4v) is 5.43. The largest absolute Gasteiger partial charge is 0.467 e. The van der Waals surface area contributed by atoms with E-state index in [1.165, 1.54) is 11.3 Å². The third-order valence-electron chi connectivity index (χ3n) is 5.91. The van der Waals surface area contributed by atoms with E-state index in [2.05, 4.69) is 10.6 Å². The summed E-state index contributed by atoms with van der Waals surface area (Å²) >= 11 is 1.35. The zero-order chi connectivity index (χ0) is 24.8. The van der Waals surface area contributed by atoms with Crippen molar-refractivity contribution in [3.8, 4) is 11.1 Å². The smallest absolute Gasteiger partial charge is 0.341 e. The van der Waals surface area contributed by atoms with Crippen molar-refractivity contribution in [2.45, 2.75) is 39.3 Å². The highest BCUT2D eigenvalue weighted by Gasteiger charge is 2.32. The molecule has 1 saturated heterocycles. The Kier molecular flexibility index (Phi) is 7.99. The first-order valence-corrected chi connectivity index (χ1v) is 12.5. The van der Waals surface area contributed by atoms with E-state index in [0.29, 0.717) is 35.8 Å². The van der Waals surface area contributed by atoms with E-state index in [9.17, 15) is 14.4 Å². The van der Waals surface area contributed by atoms with Crippen LogP contribution in [0.2, 0.25) is 0 Å². The zero-order valence-corrected chi connectivity index (χ0v) is 20.7. The van der Waals surface area contributed by atoms with Crippen molar-refractivity contribution < 1.29 is 23.5 Å². The molecule has 0 radical (unpaired) electrons. The molecule has 3 heterocycles. The summed E-state index contributed by atoms with van der Waals surface area (Å²) < 4.78 is 10.6. The molecule has 35 heavy (non-hydrogen) atoms. The van der Waals surface area contributed by atoms with Crippen LogP contribution in [-0.4, -0.2) is 48.4 Å². The molecule has 2 N–H and O–H groups in total. The number of furan rings is 1. The number of rotatable bonds is 9. The highest BCUT2D eigenvalue weighted by atomic mass is 32.1. The number of likely N-dealkylation sites (tertiary alicyclic amines) is 1. The summed E-state index contributed by atoms with van der Waals surface area (Å²) in [5.41, 5.74) is 2.02. The SMILES string of the molecule is CCOC(=O)c1c(NC(=O)CN2CCCC2C(=O)NCc2ccco2)sc(C)c1-c1ccccc1. The maximum absolute atomic E-state index is 13.0. The number of anilines is 1. The predicted molar refractivity (Wildman–Crippen MR) is 134 cm³/mol. The Bertz CT molecular complexity index is 1170. The highest BCUT2D eigenvalue weighted by Crippen LogP contribution is 2.40. The molecule has 1 unspecified atom stereocenters. The molecule has 1 aliphatic heterocycles. The molecule has 1 aromatic carbocycles. The number of nitrogens with one attached hydrogen (secondary N) is 2. The minimum Gasteiger partial charge on any atom is -0.467 e. The topological polar surface area (TPSA) is 101 Å². The number of amides is 2. The lowest BCUT2D eigenvalue weighted by Crippen LogP contribution is -2.45. The molecule has 4 rings (SSSR count). The Labute approximate surface area is 208 Å². The molecule has 1 aliphatic rings. The van der Waals surface area contributed by atoms with Crippen LogP contribution >= 0.6 is 11.3 Å². The molecule has 1 fully saturated rings. The number of nitrogens with zero attached hydrogens (tertiary/aromatic N) is 1. The Morgan fingerprint density at radius 3 is 2.69 bits per heavy atom. The van der Waals surface area contributed by atoms with Gasteiger partial charge in [0.05, 0.1) is 32.0 Å². The van der Waals surface area contributed by atoms with Crippen molar-refractivity contribution in [3.63, 3.8) is 0 Å². The van der Waals surface area contributed by atoms with Crippen molar-refractivity contribution >= 4 is 34.1 Å². The van der Waals surface area contributed by atoms with Gasteiger partial charge in [-0.05, 0) is 50.9 Å². The monoisotopic (exact) mass is 495 g/mol. The molecule has 1 atom stereocenters. The van der Waals surface area contributed by atoms with Gasteiger partial charge in [0, 0.05) is 10.4 Å². The first-order valence-electron chi connectivity index (χ1n) is 11.7. The van der Waals surface area contributed by atoms with Gasteiger partial charge in [-0.15, -0.1) is 11.3 Å². The van der Waals surface area contributed by atoms with Crippen LogP contribution in [0.3, 0.4) is 0 Å². The minimum atomic E-state index is -0.470. The lowest BCUT2D eigenvalue weighted by atomic mass is 10.0. The molecule has 2 amide bonds. The van der Waals surface area contributed by atoms with E-state index >= 15 is 0 Å². The zero-order valence-electron chi connectivity index (χ0n) is 19.8. The molecule has 0 bridgehead atoms. The van der Waals surface area contributed by atoms with Gasteiger partial charge in [-0.1, -0.05) is 30.3 Å². The maximum Gasteiger partial charge on any atom is 0.341 e. The fourth-order valence-electron chi connectivity index (χ4n) is 4.35. The van der Waals surface area contributed by atoms with E-state index in [4.69, 9.17) is 9.15 Å². The molecule has 3 aromatic rings. The molecule has 8 nitrogen and oxygen atoms in total. The second kappa shape index (κ2) is 11.3. The number of hydrogen-bond acceptors (Lipinski definition) is 7. The number of hydrogen-bond donors (Lipinski definition) is 2. The maximum atomic E-state index is 13.0. The first-order chi connectivity index (χ1) is 17.0. The number of ether oxygens (including phenoxy) is 1. The van der Waals surface area contributed by atoms with E-state index in [0.717, 1.165) is 22.4 Å². The van der Waals surface area contributed by atoms with Gasteiger partial charge in [0.1, 0.15) is 16.3 Å². The second-order valence-corrected chi connectivity index (χ2v) is 9.52. The predicted octanol–water partition coefficient (Wildman–Crippen LogP) is 4.21. The Balaban J connectivity index is 1.47. The average molecular weight is 496 g/mol. The van der Waals surface area contributed by atoms with Crippen molar-refractivity contribution in [2.75, 3.05) is 25.0 Å². The summed E-state index contributed by atoms with van der Waals surface area (Å²) in [6.07, 6.45) is 3.08. The number of aryl methyl sites for hydroxylation is 1.